The summed E-state index contributed by atoms with van der Waals surface area (Å²) in [6.07, 6.45) is 8.23. The Hall–Kier alpha value is -0.790. The predicted octanol–water partition coefficient (Wildman–Crippen LogP) is 2.71. The zero-order valence-corrected chi connectivity index (χ0v) is 8.25. The zero-order chi connectivity index (χ0) is 9.03. The van der Waals surface area contributed by atoms with Crippen LogP contribution in [0.15, 0.2) is 18.7 Å². The van der Waals surface area contributed by atoms with Gasteiger partial charge in [0.1, 0.15) is 0 Å². The van der Waals surface area contributed by atoms with Gasteiger partial charge < -0.3 is 4.57 Å². The molecule has 0 radical (unpaired) electrons. The van der Waals surface area contributed by atoms with Gasteiger partial charge in [0, 0.05) is 18.9 Å². The van der Waals surface area contributed by atoms with Crippen molar-refractivity contribution in [1.82, 2.24) is 9.55 Å². The fourth-order valence-corrected chi connectivity index (χ4v) is 1.21. The molecule has 12 heavy (non-hydrogen) atoms. The summed E-state index contributed by atoms with van der Waals surface area (Å²) in [5, 5.41) is 0. The molecule has 0 saturated heterocycles. The molecule has 0 aliphatic carbocycles. The molecule has 1 aromatic rings. The third kappa shape index (κ3) is 3.56. The third-order valence-electron chi connectivity index (χ3n) is 1.90. The number of rotatable bonds is 3. The van der Waals surface area contributed by atoms with E-state index in [2.05, 4.69) is 30.3 Å². The lowest BCUT2D eigenvalue weighted by atomic mass is 9.91. The second kappa shape index (κ2) is 3.74. The van der Waals surface area contributed by atoms with Gasteiger partial charge in [0.15, 0.2) is 0 Å². The van der Waals surface area contributed by atoms with Crippen LogP contribution in [0.1, 0.15) is 33.6 Å². The third-order valence-corrected chi connectivity index (χ3v) is 1.90. The highest BCUT2D eigenvalue weighted by molar-refractivity contribution is 4.74. The maximum atomic E-state index is 4.00. The van der Waals surface area contributed by atoms with Gasteiger partial charge in [0.2, 0.25) is 0 Å². The van der Waals surface area contributed by atoms with Crippen molar-refractivity contribution in [3.63, 3.8) is 0 Å². The van der Waals surface area contributed by atoms with Crippen molar-refractivity contribution in [2.24, 2.45) is 5.41 Å². The Bertz CT molecular complexity index is 206. The minimum absolute atomic E-state index is 0.459. The molecule has 0 spiro atoms. The molecule has 0 atom stereocenters. The van der Waals surface area contributed by atoms with Gasteiger partial charge in [-0.2, -0.15) is 0 Å². The van der Waals surface area contributed by atoms with Crippen LogP contribution >= 0.6 is 0 Å². The van der Waals surface area contributed by atoms with E-state index in [1.807, 2.05) is 18.7 Å². The Morgan fingerprint density at radius 1 is 1.33 bits per heavy atom. The van der Waals surface area contributed by atoms with Gasteiger partial charge in [0.25, 0.3) is 0 Å². The summed E-state index contributed by atoms with van der Waals surface area (Å²) in [6.45, 7) is 7.93. The van der Waals surface area contributed by atoms with E-state index in [1.165, 1.54) is 12.8 Å². The van der Waals surface area contributed by atoms with Gasteiger partial charge in [-0.15, -0.1) is 0 Å². The largest absolute Gasteiger partial charge is 0.337 e. The highest BCUT2D eigenvalue weighted by Crippen LogP contribution is 2.20. The first-order chi connectivity index (χ1) is 5.58. The molecule has 0 N–H and O–H groups in total. The van der Waals surface area contributed by atoms with E-state index >= 15 is 0 Å². The number of nitrogens with zero attached hydrogens (tertiary/aromatic N) is 2. The fourth-order valence-electron chi connectivity index (χ4n) is 1.21. The molecule has 1 aromatic heterocycles. The topological polar surface area (TPSA) is 17.8 Å². The van der Waals surface area contributed by atoms with E-state index in [-0.39, 0.29) is 0 Å². The van der Waals surface area contributed by atoms with Crippen molar-refractivity contribution in [1.29, 1.82) is 0 Å². The SMILES string of the molecule is CC(C)(C)CCCn1ccnc1. The van der Waals surface area contributed by atoms with Crippen LogP contribution < -0.4 is 0 Å². The van der Waals surface area contributed by atoms with Gasteiger partial charge in [-0.05, 0) is 18.3 Å². The predicted molar refractivity (Wildman–Crippen MR) is 50.9 cm³/mol. The molecule has 0 amide bonds. The van der Waals surface area contributed by atoms with E-state index in [0.717, 1.165) is 6.54 Å². The minimum atomic E-state index is 0.459. The number of aromatic nitrogens is 2. The number of hydrogen-bond donors (Lipinski definition) is 0. The van der Waals surface area contributed by atoms with E-state index in [4.69, 9.17) is 0 Å². The summed E-state index contributed by atoms with van der Waals surface area (Å²) in [5.41, 5.74) is 0.459. The van der Waals surface area contributed by atoms with Gasteiger partial charge in [-0.1, -0.05) is 20.8 Å². The Morgan fingerprint density at radius 3 is 2.58 bits per heavy atom. The zero-order valence-electron chi connectivity index (χ0n) is 8.25. The van der Waals surface area contributed by atoms with E-state index in [9.17, 15) is 0 Å². The molecule has 0 aromatic carbocycles. The fraction of sp³-hybridized carbons (Fsp3) is 0.700. The molecular weight excluding hydrogens is 148 g/mol. The lowest BCUT2D eigenvalue weighted by Crippen LogP contribution is -2.06. The molecule has 2 nitrogen and oxygen atoms in total. The van der Waals surface area contributed by atoms with E-state index in [0.29, 0.717) is 5.41 Å². The normalized spacial score (nSPS) is 11.9. The van der Waals surface area contributed by atoms with Crippen molar-refractivity contribution in [3.05, 3.63) is 18.7 Å². The Balaban J connectivity index is 2.20. The maximum Gasteiger partial charge on any atom is 0.0945 e. The van der Waals surface area contributed by atoms with E-state index < -0.39 is 0 Å². The first kappa shape index (κ1) is 9.30. The monoisotopic (exact) mass is 166 g/mol. The number of imidazole rings is 1. The van der Waals surface area contributed by atoms with Crippen LogP contribution in [0.25, 0.3) is 0 Å². The first-order valence-corrected chi connectivity index (χ1v) is 4.54. The smallest absolute Gasteiger partial charge is 0.0945 e. The second-order valence-electron chi connectivity index (χ2n) is 4.46. The lowest BCUT2D eigenvalue weighted by molar-refractivity contribution is 0.353. The van der Waals surface area contributed by atoms with Crippen molar-refractivity contribution < 1.29 is 0 Å². The second-order valence-corrected chi connectivity index (χ2v) is 4.46. The van der Waals surface area contributed by atoms with Crippen molar-refractivity contribution in [2.75, 3.05) is 0 Å². The molecule has 2 heteroatoms. The van der Waals surface area contributed by atoms with Gasteiger partial charge >= 0.3 is 0 Å². The Morgan fingerprint density at radius 2 is 2.08 bits per heavy atom. The summed E-state index contributed by atoms with van der Waals surface area (Å²) in [5.74, 6) is 0. The standard InChI is InChI=1S/C10H18N2/c1-10(2,3)5-4-7-12-8-6-11-9-12/h6,8-9H,4-5,7H2,1-3H3. The molecule has 1 rings (SSSR count). The molecule has 0 unspecified atom stereocenters. The van der Waals surface area contributed by atoms with Crippen molar-refractivity contribution in [2.45, 2.75) is 40.2 Å². The summed E-state index contributed by atoms with van der Waals surface area (Å²) in [7, 11) is 0. The molecule has 0 saturated carbocycles. The molecule has 0 aliphatic rings. The molecule has 0 bridgehead atoms. The van der Waals surface area contributed by atoms with Crippen LogP contribution in [0, 0.1) is 5.41 Å². The van der Waals surface area contributed by atoms with Gasteiger partial charge in [-0.3, -0.25) is 0 Å². The molecule has 0 fully saturated rings. The van der Waals surface area contributed by atoms with E-state index in [1.54, 1.807) is 0 Å². The molecule has 68 valence electrons. The molecule has 1 heterocycles. The van der Waals surface area contributed by atoms with Crippen LogP contribution in [0.3, 0.4) is 0 Å². The summed E-state index contributed by atoms with van der Waals surface area (Å²) in [6, 6.07) is 0. The maximum absolute atomic E-state index is 4.00. The van der Waals surface area contributed by atoms with Crippen LogP contribution in [-0.2, 0) is 6.54 Å². The van der Waals surface area contributed by atoms with Gasteiger partial charge in [-0.25, -0.2) is 4.98 Å². The van der Waals surface area contributed by atoms with Crippen LogP contribution in [-0.4, -0.2) is 9.55 Å². The molecular formula is C10H18N2. The quantitative estimate of drug-likeness (QED) is 0.675. The highest BCUT2D eigenvalue weighted by atomic mass is 15.0. The average molecular weight is 166 g/mol. The summed E-state index contributed by atoms with van der Waals surface area (Å²) in [4.78, 5) is 4.00. The lowest BCUT2D eigenvalue weighted by Gasteiger charge is -2.17. The highest BCUT2D eigenvalue weighted by Gasteiger charge is 2.08. The van der Waals surface area contributed by atoms with Crippen LogP contribution in [0.2, 0.25) is 0 Å². The first-order valence-electron chi connectivity index (χ1n) is 4.54. The summed E-state index contributed by atoms with van der Waals surface area (Å²) < 4.78 is 2.13. The molecule has 0 aliphatic heterocycles. The Kier molecular flexibility index (Phi) is 2.90. The van der Waals surface area contributed by atoms with Crippen LogP contribution in [0.4, 0.5) is 0 Å². The average Bonchev–Trinajstić information content (AvgIpc) is 2.36. The van der Waals surface area contributed by atoms with Gasteiger partial charge in [0.05, 0.1) is 6.33 Å². The minimum Gasteiger partial charge on any atom is -0.337 e. The number of aryl methyl sites for hydroxylation is 1. The van der Waals surface area contributed by atoms with Crippen molar-refractivity contribution in [3.8, 4) is 0 Å². The summed E-state index contributed by atoms with van der Waals surface area (Å²) >= 11 is 0. The Labute approximate surface area is 74.6 Å². The number of hydrogen-bond acceptors (Lipinski definition) is 1. The van der Waals surface area contributed by atoms with Crippen LogP contribution in [0.5, 0.6) is 0 Å². The van der Waals surface area contributed by atoms with Crippen molar-refractivity contribution >= 4 is 0 Å².